The molecule has 0 aromatic heterocycles. The Morgan fingerprint density at radius 3 is 2.00 bits per heavy atom. The van der Waals surface area contributed by atoms with Crippen LogP contribution in [0.4, 0.5) is 0 Å². The number of carbonyl (C=O) groups is 2. The number of carbonyl (C=O) groups excluding carboxylic acids is 2. The van der Waals surface area contributed by atoms with E-state index in [2.05, 4.69) is 13.8 Å². The summed E-state index contributed by atoms with van der Waals surface area (Å²) in [4.78, 5) is 24.1. The van der Waals surface area contributed by atoms with E-state index >= 15 is 0 Å². The summed E-state index contributed by atoms with van der Waals surface area (Å²) < 4.78 is 15.2. The number of aliphatic hydroxyl groups is 1. The topological polar surface area (TPSA) is 82.1 Å². The van der Waals surface area contributed by atoms with Crippen LogP contribution in [0.25, 0.3) is 0 Å². The van der Waals surface area contributed by atoms with Crippen LogP contribution in [-0.4, -0.2) is 49.6 Å². The molecule has 1 N–H and O–H groups in total. The Labute approximate surface area is 152 Å². The first-order chi connectivity index (χ1) is 12.1. The van der Waals surface area contributed by atoms with E-state index in [-0.39, 0.29) is 6.61 Å². The van der Waals surface area contributed by atoms with Gasteiger partial charge in [0.15, 0.2) is 12.2 Å². The average molecular weight is 360 g/mol. The van der Waals surface area contributed by atoms with Crippen LogP contribution in [0.2, 0.25) is 0 Å². The van der Waals surface area contributed by atoms with Gasteiger partial charge in [0, 0.05) is 7.11 Å². The molecule has 0 radical (unpaired) electrons. The van der Waals surface area contributed by atoms with Crippen molar-refractivity contribution < 1.29 is 28.9 Å². The van der Waals surface area contributed by atoms with E-state index in [0.29, 0.717) is 19.4 Å². The second-order valence-electron chi connectivity index (χ2n) is 6.30. The van der Waals surface area contributed by atoms with E-state index in [1.165, 1.54) is 7.11 Å². The monoisotopic (exact) mass is 360 g/mol. The van der Waals surface area contributed by atoms with Crippen molar-refractivity contribution >= 4 is 11.9 Å². The first-order valence-corrected chi connectivity index (χ1v) is 9.60. The zero-order valence-electron chi connectivity index (χ0n) is 16.1. The standard InChI is InChI=1S/C19H36O6/c1-4-6-8-10-12-16(20)18(21)25-17(13-11-9-7-5-2)19(22)24-15-14-23-3/h16-17,20H,4-15H2,1-3H3. The molecule has 0 heterocycles. The summed E-state index contributed by atoms with van der Waals surface area (Å²) in [7, 11) is 1.52. The van der Waals surface area contributed by atoms with Gasteiger partial charge >= 0.3 is 11.9 Å². The lowest BCUT2D eigenvalue weighted by Crippen LogP contribution is -2.34. The van der Waals surface area contributed by atoms with E-state index in [4.69, 9.17) is 14.2 Å². The summed E-state index contributed by atoms with van der Waals surface area (Å²) in [5.74, 6) is -1.30. The maximum atomic E-state index is 12.1. The van der Waals surface area contributed by atoms with Gasteiger partial charge < -0.3 is 19.3 Å². The fourth-order valence-electron chi connectivity index (χ4n) is 2.40. The number of unbranched alkanes of at least 4 members (excludes halogenated alkanes) is 6. The Kier molecular flexibility index (Phi) is 15.6. The molecule has 2 unspecified atom stereocenters. The summed E-state index contributed by atoms with van der Waals surface area (Å²) in [6, 6.07) is 0. The lowest BCUT2D eigenvalue weighted by molar-refractivity contribution is -0.174. The molecule has 0 aliphatic carbocycles. The number of aliphatic hydroxyl groups excluding tert-OH is 1. The van der Waals surface area contributed by atoms with E-state index < -0.39 is 24.1 Å². The summed E-state index contributed by atoms with van der Waals surface area (Å²) in [5.41, 5.74) is 0. The predicted molar refractivity (Wildman–Crippen MR) is 96.2 cm³/mol. The molecule has 0 spiro atoms. The Bertz CT molecular complexity index is 345. The summed E-state index contributed by atoms with van der Waals surface area (Å²) in [5, 5.41) is 9.92. The van der Waals surface area contributed by atoms with Crippen LogP contribution in [0.5, 0.6) is 0 Å². The van der Waals surface area contributed by atoms with Gasteiger partial charge in [-0.3, -0.25) is 0 Å². The molecule has 0 fully saturated rings. The van der Waals surface area contributed by atoms with Crippen LogP contribution in [0.3, 0.4) is 0 Å². The van der Waals surface area contributed by atoms with Gasteiger partial charge in [0.05, 0.1) is 6.61 Å². The Morgan fingerprint density at radius 2 is 1.44 bits per heavy atom. The van der Waals surface area contributed by atoms with Crippen molar-refractivity contribution in [3.8, 4) is 0 Å². The smallest absolute Gasteiger partial charge is 0.347 e. The van der Waals surface area contributed by atoms with Crippen LogP contribution in [0.15, 0.2) is 0 Å². The van der Waals surface area contributed by atoms with Crippen LogP contribution in [0.1, 0.15) is 78.1 Å². The minimum Gasteiger partial charge on any atom is -0.460 e. The molecule has 0 aliphatic heterocycles. The molecule has 2 atom stereocenters. The van der Waals surface area contributed by atoms with Crippen molar-refractivity contribution in [1.29, 1.82) is 0 Å². The Morgan fingerprint density at radius 1 is 0.840 bits per heavy atom. The molecule has 0 aliphatic rings. The van der Waals surface area contributed by atoms with E-state index in [1.54, 1.807) is 0 Å². The fourth-order valence-corrected chi connectivity index (χ4v) is 2.40. The summed E-state index contributed by atoms with van der Waals surface area (Å²) >= 11 is 0. The van der Waals surface area contributed by atoms with Crippen molar-refractivity contribution in [3.63, 3.8) is 0 Å². The van der Waals surface area contributed by atoms with Crippen LogP contribution < -0.4 is 0 Å². The number of esters is 2. The molecule has 0 saturated carbocycles. The van der Waals surface area contributed by atoms with Gasteiger partial charge in [-0.2, -0.15) is 0 Å². The van der Waals surface area contributed by atoms with Crippen LogP contribution >= 0.6 is 0 Å². The van der Waals surface area contributed by atoms with Gasteiger partial charge in [0.25, 0.3) is 0 Å². The maximum absolute atomic E-state index is 12.1. The minimum atomic E-state index is -1.18. The number of ether oxygens (including phenoxy) is 3. The van der Waals surface area contributed by atoms with Crippen LogP contribution in [0, 0.1) is 0 Å². The number of hydrogen-bond donors (Lipinski definition) is 1. The molecule has 0 bridgehead atoms. The predicted octanol–water partition coefficient (Wildman–Crippen LogP) is 3.39. The maximum Gasteiger partial charge on any atom is 0.347 e. The highest BCUT2D eigenvalue weighted by atomic mass is 16.6. The van der Waals surface area contributed by atoms with E-state index in [1.807, 2.05) is 0 Å². The Hall–Kier alpha value is -1.14. The molecule has 25 heavy (non-hydrogen) atoms. The SMILES string of the molecule is CCCCCCC(O)C(=O)OC(CCCCCC)C(=O)OCCOC. The van der Waals surface area contributed by atoms with E-state index in [0.717, 1.165) is 51.4 Å². The number of rotatable bonds is 16. The normalized spacial score (nSPS) is 13.3. The molecule has 0 aromatic carbocycles. The number of hydrogen-bond acceptors (Lipinski definition) is 6. The van der Waals surface area contributed by atoms with Crippen molar-refractivity contribution in [1.82, 2.24) is 0 Å². The van der Waals surface area contributed by atoms with Gasteiger partial charge in [0.1, 0.15) is 6.61 Å². The highest BCUT2D eigenvalue weighted by Crippen LogP contribution is 2.13. The highest BCUT2D eigenvalue weighted by molar-refractivity contribution is 5.81. The molecule has 6 nitrogen and oxygen atoms in total. The molecule has 0 saturated heterocycles. The zero-order valence-corrected chi connectivity index (χ0v) is 16.1. The first kappa shape index (κ1) is 23.9. The van der Waals surface area contributed by atoms with Crippen molar-refractivity contribution in [2.24, 2.45) is 0 Å². The van der Waals surface area contributed by atoms with Crippen LogP contribution in [-0.2, 0) is 23.8 Å². The first-order valence-electron chi connectivity index (χ1n) is 9.60. The van der Waals surface area contributed by atoms with Gasteiger partial charge in [-0.05, 0) is 19.3 Å². The fraction of sp³-hybridized carbons (Fsp3) is 0.895. The van der Waals surface area contributed by atoms with Crippen molar-refractivity contribution in [2.75, 3.05) is 20.3 Å². The van der Waals surface area contributed by atoms with E-state index in [9.17, 15) is 14.7 Å². The second kappa shape index (κ2) is 16.3. The highest BCUT2D eigenvalue weighted by Gasteiger charge is 2.27. The van der Waals surface area contributed by atoms with Gasteiger partial charge in [-0.1, -0.05) is 58.8 Å². The lowest BCUT2D eigenvalue weighted by Gasteiger charge is -2.19. The Balaban J connectivity index is 4.40. The van der Waals surface area contributed by atoms with Gasteiger partial charge in [-0.15, -0.1) is 0 Å². The minimum absolute atomic E-state index is 0.123. The third-order valence-electron chi connectivity index (χ3n) is 3.98. The molecule has 0 aromatic rings. The molecular weight excluding hydrogens is 324 g/mol. The quantitative estimate of drug-likeness (QED) is 0.336. The lowest BCUT2D eigenvalue weighted by atomic mass is 10.1. The third-order valence-corrected chi connectivity index (χ3v) is 3.98. The summed E-state index contributed by atoms with van der Waals surface area (Å²) in [6.07, 6.45) is 6.45. The second-order valence-corrected chi connectivity index (χ2v) is 6.30. The molecule has 0 amide bonds. The molecule has 0 rings (SSSR count). The molecule has 148 valence electrons. The average Bonchev–Trinajstić information content (AvgIpc) is 2.61. The van der Waals surface area contributed by atoms with Crippen molar-refractivity contribution in [3.05, 3.63) is 0 Å². The van der Waals surface area contributed by atoms with Gasteiger partial charge in [-0.25, -0.2) is 9.59 Å². The number of methoxy groups -OCH3 is 1. The van der Waals surface area contributed by atoms with Gasteiger partial charge in [0.2, 0.25) is 0 Å². The zero-order chi connectivity index (χ0) is 18.9. The molecular formula is C19H36O6. The largest absolute Gasteiger partial charge is 0.460 e. The third kappa shape index (κ3) is 12.8. The van der Waals surface area contributed by atoms with Crippen molar-refractivity contribution in [2.45, 2.75) is 90.3 Å². The molecule has 6 heteroatoms. The summed E-state index contributed by atoms with van der Waals surface area (Å²) in [6.45, 7) is 4.62.